The first kappa shape index (κ1) is 10.9. The standard InChI is InChI=1S/C15H15N3/c1-3-8-14(9-4-1)17-12-7-13-18(16-17)15-10-5-2-6-11-15/h1-12,16H,13H2. The Morgan fingerprint density at radius 3 is 2.06 bits per heavy atom. The number of para-hydroxylation sites is 2. The fourth-order valence-corrected chi connectivity index (χ4v) is 1.97. The molecule has 1 aliphatic rings. The van der Waals surface area contributed by atoms with Crippen molar-refractivity contribution in [3.05, 3.63) is 72.9 Å². The second kappa shape index (κ2) is 4.94. The minimum Gasteiger partial charge on any atom is -0.287 e. The molecule has 0 aromatic heterocycles. The highest BCUT2D eigenvalue weighted by molar-refractivity contribution is 5.52. The van der Waals surface area contributed by atoms with Gasteiger partial charge in [0.1, 0.15) is 0 Å². The van der Waals surface area contributed by atoms with Gasteiger partial charge in [0.15, 0.2) is 0 Å². The number of anilines is 2. The van der Waals surface area contributed by atoms with E-state index in [0.29, 0.717) is 0 Å². The molecule has 2 aromatic rings. The number of hydrogen-bond donors (Lipinski definition) is 1. The predicted molar refractivity (Wildman–Crippen MR) is 75.0 cm³/mol. The van der Waals surface area contributed by atoms with E-state index >= 15 is 0 Å². The van der Waals surface area contributed by atoms with E-state index in [-0.39, 0.29) is 0 Å². The quantitative estimate of drug-likeness (QED) is 0.866. The highest BCUT2D eigenvalue weighted by Gasteiger charge is 2.12. The van der Waals surface area contributed by atoms with Crippen LogP contribution in [0.15, 0.2) is 72.9 Å². The molecule has 0 atom stereocenters. The topological polar surface area (TPSA) is 18.5 Å². The molecule has 0 spiro atoms. The summed E-state index contributed by atoms with van der Waals surface area (Å²) >= 11 is 0. The van der Waals surface area contributed by atoms with E-state index in [1.807, 2.05) is 41.4 Å². The van der Waals surface area contributed by atoms with Crippen LogP contribution in [0.2, 0.25) is 0 Å². The van der Waals surface area contributed by atoms with Crippen LogP contribution in [0, 0.1) is 0 Å². The number of nitrogens with one attached hydrogen (secondary N) is 1. The van der Waals surface area contributed by atoms with Crippen molar-refractivity contribution in [3.63, 3.8) is 0 Å². The summed E-state index contributed by atoms with van der Waals surface area (Å²) < 4.78 is 0. The van der Waals surface area contributed by atoms with Crippen molar-refractivity contribution in [1.29, 1.82) is 0 Å². The summed E-state index contributed by atoms with van der Waals surface area (Å²) in [6.07, 6.45) is 4.19. The van der Waals surface area contributed by atoms with Gasteiger partial charge in [-0.25, -0.2) is 0 Å². The van der Waals surface area contributed by atoms with Crippen LogP contribution in [0.5, 0.6) is 0 Å². The first-order chi connectivity index (χ1) is 8.93. The average molecular weight is 237 g/mol. The first-order valence-corrected chi connectivity index (χ1v) is 6.03. The van der Waals surface area contributed by atoms with Gasteiger partial charge < -0.3 is 0 Å². The Labute approximate surface area is 107 Å². The van der Waals surface area contributed by atoms with Crippen molar-refractivity contribution < 1.29 is 0 Å². The Morgan fingerprint density at radius 1 is 0.778 bits per heavy atom. The Balaban J connectivity index is 1.81. The molecule has 1 heterocycles. The SMILES string of the molecule is C1=CN(c2ccccc2)NN(c2ccccc2)C1. The van der Waals surface area contributed by atoms with Crippen molar-refractivity contribution in [2.24, 2.45) is 0 Å². The van der Waals surface area contributed by atoms with Gasteiger partial charge in [0.2, 0.25) is 0 Å². The molecule has 1 aliphatic heterocycles. The maximum atomic E-state index is 3.37. The Hall–Kier alpha value is -2.26. The van der Waals surface area contributed by atoms with Gasteiger partial charge in [-0.15, -0.1) is 5.53 Å². The summed E-state index contributed by atoms with van der Waals surface area (Å²) in [5.41, 5.74) is 5.64. The van der Waals surface area contributed by atoms with Gasteiger partial charge >= 0.3 is 0 Å². The van der Waals surface area contributed by atoms with Crippen LogP contribution < -0.4 is 15.6 Å². The lowest BCUT2D eigenvalue weighted by molar-refractivity contribution is 0.638. The van der Waals surface area contributed by atoms with Gasteiger partial charge in [0.25, 0.3) is 0 Å². The van der Waals surface area contributed by atoms with Crippen molar-refractivity contribution >= 4 is 11.4 Å². The lowest BCUT2D eigenvalue weighted by atomic mass is 10.3. The van der Waals surface area contributed by atoms with Crippen LogP contribution in [0.25, 0.3) is 0 Å². The van der Waals surface area contributed by atoms with Gasteiger partial charge in [-0.1, -0.05) is 36.4 Å². The lowest BCUT2D eigenvalue weighted by Crippen LogP contribution is -2.50. The number of nitrogens with zero attached hydrogens (tertiary/aromatic N) is 2. The highest BCUT2D eigenvalue weighted by atomic mass is 15.8. The zero-order valence-electron chi connectivity index (χ0n) is 10.0. The van der Waals surface area contributed by atoms with Gasteiger partial charge in [0, 0.05) is 6.20 Å². The summed E-state index contributed by atoms with van der Waals surface area (Å²) in [7, 11) is 0. The number of hydrogen-bond acceptors (Lipinski definition) is 3. The first-order valence-electron chi connectivity index (χ1n) is 6.03. The Morgan fingerprint density at radius 2 is 1.39 bits per heavy atom. The molecule has 0 unspecified atom stereocenters. The van der Waals surface area contributed by atoms with E-state index in [4.69, 9.17) is 0 Å². The summed E-state index contributed by atoms with van der Waals surface area (Å²) in [4.78, 5) is 0. The van der Waals surface area contributed by atoms with Crippen LogP contribution in [0.1, 0.15) is 0 Å². The van der Waals surface area contributed by atoms with Crippen LogP contribution >= 0.6 is 0 Å². The van der Waals surface area contributed by atoms with E-state index in [9.17, 15) is 0 Å². The normalized spacial score (nSPS) is 14.9. The van der Waals surface area contributed by atoms with Crippen LogP contribution in [0.3, 0.4) is 0 Å². The minimum atomic E-state index is 0.855. The molecule has 3 nitrogen and oxygen atoms in total. The summed E-state index contributed by atoms with van der Waals surface area (Å²) in [5.74, 6) is 0. The molecule has 2 aromatic carbocycles. The Bertz CT molecular complexity index is 522. The van der Waals surface area contributed by atoms with E-state index < -0.39 is 0 Å². The van der Waals surface area contributed by atoms with Crippen molar-refractivity contribution in [3.8, 4) is 0 Å². The molecular weight excluding hydrogens is 222 g/mol. The second-order valence-corrected chi connectivity index (χ2v) is 4.14. The number of hydrazine groups is 2. The molecule has 3 heteroatoms. The molecule has 0 radical (unpaired) electrons. The largest absolute Gasteiger partial charge is 0.287 e. The third-order valence-corrected chi connectivity index (χ3v) is 2.87. The second-order valence-electron chi connectivity index (χ2n) is 4.14. The summed E-state index contributed by atoms with van der Waals surface area (Å²) in [5, 5.41) is 4.11. The van der Waals surface area contributed by atoms with E-state index in [2.05, 4.69) is 47.1 Å². The fraction of sp³-hybridized carbons (Fsp3) is 0.0667. The van der Waals surface area contributed by atoms with Crippen LogP contribution in [-0.2, 0) is 0 Å². The van der Waals surface area contributed by atoms with Crippen LogP contribution in [-0.4, -0.2) is 6.54 Å². The van der Waals surface area contributed by atoms with Crippen molar-refractivity contribution in [2.75, 3.05) is 16.6 Å². The molecule has 0 fully saturated rings. The molecule has 0 bridgehead atoms. The molecular formula is C15H15N3. The van der Waals surface area contributed by atoms with Gasteiger partial charge in [0.05, 0.1) is 17.9 Å². The molecule has 0 aliphatic carbocycles. The molecule has 90 valence electrons. The van der Waals surface area contributed by atoms with Crippen LogP contribution in [0.4, 0.5) is 11.4 Å². The highest BCUT2D eigenvalue weighted by Crippen LogP contribution is 2.17. The average Bonchev–Trinajstić information content (AvgIpc) is 2.49. The lowest BCUT2D eigenvalue weighted by Gasteiger charge is -2.34. The number of rotatable bonds is 2. The zero-order valence-corrected chi connectivity index (χ0v) is 10.0. The smallest absolute Gasteiger partial charge is 0.0588 e. The van der Waals surface area contributed by atoms with Gasteiger partial charge in [-0.05, 0) is 30.3 Å². The van der Waals surface area contributed by atoms with Crippen molar-refractivity contribution in [2.45, 2.75) is 0 Å². The molecule has 0 amide bonds. The Kier molecular flexibility index (Phi) is 2.98. The number of benzene rings is 2. The molecule has 0 saturated heterocycles. The molecule has 1 N–H and O–H groups in total. The van der Waals surface area contributed by atoms with E-state index in [0.717, 1.165) is 17.9 Å². The summed E-state index contributed by atoms with van der Waals surface area (Å²) in [6, 6.07) is 20.5. The maximum absolute atomic E-state index is 3.37. The molecule has 18 heavy (non-hydrogen) atoms. The van der Waals surface area contributed by atoms with E-state index in [1.165, 1.54) is 0 Å². The third kappa shape index (κ3) is 2.21. The third-order valence-electron chi connectivity index (χ3n) is 2.87. The maximum Gasteiger partial charge on any atom is 0.0588 e. The summed E-state index contributed by atoms with van der Waals surface area (Å²) in [6.45, 7) is 0.855. The van der Waals surface area contributed by atoms with E-state index in [1.54, 1.807) is 0 Å². The molecule has 0 saturated carbocycles. The minimum absolute atomic E-state index is 0.855. The van der Waals surface area contributed by atoms with Gasteiger partial charge in [-0.2, -0.15) is 0 Å². The molecule has 3 rings (SSSR count). The van der Waals surface area contributed by atoms with Gasteiger partial charge in [-0.3, -0.25) is 10.0 Å². The zero-order chi connectivity index (χ0) is 12.2. The fourth-order valence-electron chi connectivity index (χ4n) is 1.97. The van der Waals surface area contributed by atoms with Crippen molar-refractivity contribution in [1.82, 2.24) is 5.53 Å². The predicted octanol–water partition coefficient (Wildman–Crippen LogP) is 2.95. The monoisotopic (exact) mass is 237 g/mol.